The Morgan fingerprint density at radius 1 is 1.56 bits per heavy atom. The number of furan rings is 1. The molecule has 0 bridgehead atoms. The Balaban J connectivity index is 2.51. The van der Waals surface area contributed by atoms with Crippen LogP contribution in [0.3, 0.4) is 0 Å². The molecule has 0 aromatic carbocycles. The van der Waals surface area contributed by atoms with Gasteiger partial charge in [0.2, 0.25) is 5.76 Å². The van der Waals surface area contributed by atoms with Crippen molar-refractivity contribution >= 4 is 12.0 Å². The van der Waals surface area contributed by atoms with Crippen molar-refractivity contribution in [1.82, 2.24) is 10.2 Å². The van der Waals surface area contributed by atoms with Crippen LogP contribution in [-0.2, 0) is 6.54 Å². The molecule has 1 heterocycles. The molecule has 0 aliphatic rings. The second-order valence-electron chi connectivity index (χ2n) is 3.45. The van der Waals surface area contributed by atoms with Crippen LogP contribution in [0, 0.1) is 12.3 Å². The molecule has 0 atom stereocenters. The molecule has 0 spiro atoms. The van der Waals surface area contributed by atoms with Crippen LogP contribution in [0.1, 0.15) is 23.2 Å². The Hall–Kier alpha value is -2.42. The molecular weight excluding hydrogens is 236 g/mol. The number of nitrogens with one attached hydrogen (secondary N) is 1. The molecule has 6 nitrogen and oxygen atoms in total. The topological polar surface area (TPSA) is 82.8 Å². The molecule has 1 aromatic heterocycles. The SMILES string of the molecule is C#CCN(CC)C(=O)NCc1ccc(C(=O)O)o1. The molecular formula is C12H14N2O4. The standard InChI is InChI=1S/C12H14N2O4/c1-3-7-14(4-2)12(17)13-8-9-5-6-10(18-9)11(15)16/h1,5-6H,4,7-8H2,2H3,(H,13,17)(H,15,16). The van der Waals surface area contributed by atoms with Gasteiger partial charge in [0, 0.05) is 6.54 Å². The summed E-state index contributed by atoms with van der Waals surface area (Å²) in [5.74, 6) is 1.45. The lowest BCUT2D eigenvalue weighted by atomic mass is 10.4. The fraction of sp³-hybridized carbons (Fsp3) is 0.333. The van der Waals surface area contributed by atoms with Gasteiger partial charge in [-0.15, -0.1) is 6.42 Å². The average Bonchev–Trinajstić information content (AvgIpc) is 2.82. The first kappa shape index (κ1) is 13.6. The Morgan fingerprint density at radius 2 is 2.28 bits per heavy atom. The second kappa shape index (κ2) is 6.35. The minimum absolute atomic E-state index is 0.118. The largest absolute Gasteiger partial charge is 0.475 e. The number of amides is 2. The molecule has 0 saturated heterocycles. The number of hydrogen-bond donors (Lipinski definition) is 2. The lowest BCUT2D eigenvalue weighted by molar-refractivity contribution is 0.0660. The minimum Gasteiger partial charge on any atom is -0.475 e. The molecule has 0 saturated carbocycles. The van der Waals surface area contributed by atoms with Crippen molar-refractivity contribution in [2.45, 2.75) is 13.5 Å². The van der Waals surface area contributed by atoms with Gasteiger partial charge in [-0.05, 0) is 19.1 Å². The van der Waals surface area contributed by atoms with Crippen LogP contribution in [0.2, 0.25) is 0 Å². The lowest BCUT2D eigenvalue weighted by Gasteiger charge is -2.17. The van der Waals surface area contributed by atoms with E-state index in [9.17, 15) is 9.59 Å². The van der Waals surface area contributed by atoms with Gasteiger partial charge < -0.3 is 19.7 Å². The van der Waals surface area contributed by atoms with Crippen molar-refractivity contribution in [2.24, 2.45) is 0 Å². The van der Waals surface area contributed by atoms with Crippen LogP contribution in [0.25, 0.3) is 0 Å². The van der Waals surface area contributed by atoms with Gasteiger partial charge in [0.05, 0.1) is 13.1 Å². The number of carboxylic acid groups (broad SMARTS) is 1. The maximum Gasteiger partial charge on any atom is 0.371 e. The summed E-state index contributed by atoms with van der Waals surface area (Å²) in [6.45, 7) is 2.65. The number of urea groups is 1. The third-order valence-corrected chi connectivity index (χ3v) is 2.24. The van der Waals surface area contributed by atoms with Gasteiger partial charge in [-0.2, -0.15) is 0 Å². The zero-order valence-corrected chi connectivity index (χ0v) is 9.97. The first-order valence-corrected chi connectivity index (χ1v) is 5.36. The molecule has 0 fully saturated rings. The van der Waals surface area contributed by atoms with Crippen molar-refractivity contribution in [1.29, 1.82) is 0 Å². The molecule has 2 N–H and O–H groups in total. The van der Waals surface area contributed by atoms with E-state index in [4.69, 9.17) is 15.9 Å². The smallest absolute Gasteiger partial charge is 0.371 e. The number of nitrogens with zero attached hydrogens (tertiary/aromatic N) is 1. The van der Waals surface area contributed by atoms with Gasteiger partial charge in [-0.25, -0.2) is 9.59 Å². The van der Waals surface area contributed by atoms with E-state index in [1.165, 1.54) is 17.0 Å². The molecule has 1 rings (SSSR count). The first-order valence-electron chi connectivity index (χ1n) is 5.36. The molecule has 6 heteroatoms. The van der Waals surface area contributed by atoms with Crippen LogP contribution in [0.15, 0.2) is 16.5 Å². The number of carbonyl (C=O) groups excluding carboxylic acids is 1. The quantitative estimate of drug-likeness (QED) is 0.768. The number of rotatable bonds is 5. The van der Waals surface area contributed by atoms with E-state index in [0.29, 0.717) is 12.3 Å². The number of aromatic carboxylic acids is 1. The first-order chi connectivity index (χ1) is 8.58. The molecule has 0 radical (unpaired) electrons. The molecule has 1 aromatic rings. The van der Waals surface area contributed by atoms with E-state index >= 15 is 0 Å². The predicted octanol–water partition coefficient (Wildman–Crippen LogP) is 1.14. The van der Waals surface area contributed by atoms with Gasteiger partial charge in [0.1, 0.15) is 5.76 Å². The molecule has 0 aliphatic heterocycles. The summed E-state index contributed by atoms with van der Waals surface area (Å²) in [4.78, 5) is 23.7. The molecule has 0 aliphatic carbocycles. The Kier molecular flexibility index (Phi) is 4.81. The summed E-state index contributed by atoms with van der Waals surface area (Å²) in [5.41, 5.74) is 0. The number of terminal acetylenes is 1. The Morgan fingerprint density at radius 3 is 2.78 bits per heavy atom. The molecule has 18 heavy (non-hydrogen) atoms. The zero-order chi connectivity index (χ0) is 13.5. The third kappa shape index (κ3) is 3.56. The highest BCUT2D eigenvalue weighted by atomic mass is 16.4. The summed E-state index contributed by atoms with van der Waals surface area (Å²) < 4.78 is 5.00. The summed E-state index contributed by atoms with van der Waals surface area (Å²) in [6, 6.07) is 2.52. The fourth-order valence-corrected chi connectivity index (χ4v) is 1.30. The maximum atomic E-state index is 11.6. The third-order valence-electron chi connectivity index (χ3n) is 2.24. The van der Waals surface area contributed by atoms with Crippen molar-refractivity contribution in [3.8, 4) is 12.3 Å². The van der Waals surface area contributed by atoms with Crippen LogP contribution in [-0.4, -0.2) is 35.1 Å². The Bertz CT molecular complexity index is 473. The highest BCUT2D eigenvalue weighted by molar-refractivity contribution is 5.84. The number of hydrogen-bond acceptors (Lipinski definition) is 3. The van der Waals surface area contributed by atoms with E-state index in [1.54, 1.807) is 0 Å². The van der Waals surface area contributed by atoms with Crippen LogP contribution < -0.4 is 5.32 Å². The molecule has 2 amide bonds. The van der Waals surface area contributed by atoms with Gasteiger partial charge in [0.25, 0.3) is 0 Å². The summed E-state index contributed by atoms with van der Waals surface area (Å²) in [7, 11) is 0. The van der Waals surface area contributed by atoms with E-state index in [2.05, 4.69) is 11.2 Å². The van der Waals surface area contributed by atoms with Crippen molar-refractivity contribution < 1.29 is 19.1 Å². The van der Waals surface area contributed by atoms with Crippen LogP contribution >= 0.6 is 0 Å². The lowest BCUT2D eigenvalue weighted by Crippen LogP contribution is -2.39. The van der Waals surface area contributed by atoms with Gasteiger partial charge >= 0.3 is 12.0 Å². The fourth-order valence-electron chi connectivity index (χ4n) is 1.30. The van der Waals surface area contributed by atoms with E-state index in [-0.39, 0.29) is 24.9 Å². The van der Waals surface area contributed by atoms with Crippen molar-refractivity contribution in [3.05, 3.63) is 23.7 Å². The summed E-state index contributed by atoms with van der Waals surface area (Å²) in [6.07, 6.45) is 5.13. The molecule has 0 unspecified atom stereocenters. The molecule has 96 valence electrons. The second-order valence-corrected chi connectivity index (χ2v) is 3.45. The average molecular weight is 250 g/mol. The summed E-state index contributed by atoms with van der Waals surface area (Å²) in [5, 5.41) is 11.3. The van der Waals surface area contributed by atoms with Gasteiger partial charge in [0.15, 0.2) is 0 Å². The van der Waals surface area contributed by atoms with Gasteiger partial charge in [-0.1, -0.05) is 5.92 Å². The monoisotopic (exact) mass is 250 g/mol. The predicted molar refractivity (Wildman–Crippen MR) is 64.0 cm³/mol. The van der Waals surface area contributed by atoms with Crippen LogP contribution in [0.4, 0.5) is 4.79 Å². The Labute approximate surface area is 105 Å². The number of carbonyl (C=O) groups is 2. The van der Waals surface area contributed by atoms with E-state index in [0.717, 1.165) is 0 Å². The normalized spacial score (nSPS) is 9.56. The van der Waals surface area contributed by atoms with E-state index in [1.807, 2.05) is 6.92 Å². The van der Waals surface area contributed by atoms with E-state index < -0.39 is 5.97 Å². The van der Waals surface area contributed by atoms with Crippen molar-refractivity contribution in [2.75, 3.05) is 13.1 Å². The minimum atomic E-state index is -1.14. The maximum absolute atomic E-state index is 11.6. The van der Waals surface area contributed by atoms with Crippen molar-refractivity contribution in [3.63, 3.8) is 0 Å². The summed E-state index contributed by atoms with van der Waals surface area (Å²) >= 11 is 0. The highest BCUT2D eigenvalue weighted by Crippen LogP contribution is 2.07. The highest BCUT2D eigenvalue weighted by Gasteiger charge is 2.12. The van der Waals surface area contributed by atoms with Crippen LogP contribution in [0.5, 0.6) is 0 Å². The zero-order valence-electron chi connectivity index (χ0n) is 9.97. The number of carboxylic acids is 1. The van der Waals surface area contributed by atoms with Gasteiger partial charge in [-0.3, -0.25) is 0 Å².